The zero-order chi connectivity index (χ0) is 16.8. The third kappa shape index (κ3) is 3.71. The van der Waals surface area contributed by atoms with E-state index in [0.717, 1.165) is 16.9 Å². The molecule has 0 aliphatic carbocycles. The van der Waals surface area contributed by atoms with E-state index in [-0.39, 0.29) is 5.91 Å². The summed E-state index contributed by atoms with van der Waals surface area (Å²) in [5.74, 6) is 0.907. The van der Waals surface area contributed by atoms with Gasteiger partial charge in [-0.2, -0.15) is 0 Å². The van der Waals surface area contributed by atoms with Gasteiger partial charge >= 0.3 is 0 Å². The topological polar surface area (TPSA) is 46.9 Å². The van der Waals surface area contributed by atoms with Crippen LogP contribution in [-0.4, -0.2) is 15.5 Å². The highest BCUT2D eigenvalue weighted by Gasteiger charge is 2.10. The Labute approximate surface area is 141 Å². The first-order valence-corrected chi connectivity index (χ1v) is 8.20. The van der Waals surface area contributed by atoms with E-state index < -0.39 is 0 Å². The van der Waals surface area contributed by atoms with Crippen LogP contribution in [0.25, 0.3) is 17.1 Å². The molecule has 0 saturated carbocycles. The van der Waals surface area contributed by atoms with Gasteiger partial charge in [0.15, 0.2) is 0 Å². The molecule has 0 radical (unpaired) electrons. The summed E-state index contributed by atoms with van der Waals surface area (Å²) in [5, 5.41) is 2.91. The Kier molecular flexibility index (Phi) is 5.06. The fraction of sp³-hybridized carbons (Fsp3) is 0.200. The Bertz CT molecular complexity index is 850. The van der Waals surface area contributed by atoms with Crippen LogP contribution in [0.1, 0.15) is 24.7 Å². The monoisotopic (exact) mass is 319 g/mol. The molecular weight excluding hydrogens is 298 g/mol. The summed E-state index contributed by atoms with van der Waals surface area (Å²) in [6.45, 7) is 3.01. The molecule has 0 aliphatic rings. The van der Waals surface area contributed by atoms with E-state index in [0.29, 0.717) is 19.5 Å². The number of imidazole rings is 1. The number of amides is 1. The summed E-state index contributed by atoms with van der Waals surface area (Å²) in [6, 6.07) is 18.3. The first kappa shape index (κ1) is 16.0. The highest BCUT2D eigenvalue weighted by Crippen LogP contribution is 2.16. The van der Waals surface area contributed by atoms with Gasteiger partial charge in [-0.15, -0.1) is 0 Å². The lowest BCUT2D eigenvalue weighted by atomic mass is 10.2. The molecule has 1 amide bonds. The lowest BCUT2D eigenvalue weighted by Crippen LogP contribution is -2.23. The van der Waals surface area contributed by atoms with Crippen LogP contribution in [0.5, 0.6) is 0 Å². The summed E-state index contributed by atoms with van der Waals surface area (Å²) < 4.78 is 2.14. The van der Waals surface area contributed by atoms with Crippen molar-refractivity contribution in [3.63, 3.8) is 0 Å². The zero-order valence-corrected chi connectivity index (χ0v) is 13.8. The highest BCUT2D eigenvalue weighted by atomic mass is 16.1. The number of aromatic nitrogens is 2. The van der Waals surface area contributed by atoms with Gasteiger partial charge in [-0.05, 0) is 17.7 Å². The Hall–Kier alpha value is -2.88. The maximum Gasteiger partial charge on any atom is 0.220 e. The molecule has 0 aliphatic heterocycles. The molecule has 0 bridgehead atoms. The van der Waals surface area contributed by atoms with Crippen molar-refractivity contribution in [3.8, 4) is 0 Å². The average Bonchev–Trinajstić information content (AvgIpc) is 2.98. The number of fused-ring (bicyclic) bond motifs is 1. The SMILES string of the molecule is CCC(=O)NCc1nc2ccccc2n1C/C=C/c1ccccc1. The molecule has 1 aromatic heterocycles. The first-order chi connectivity index (χ1) is 11.8. The smallest absolute Gasteiger partial charge is 0.220 e. The van der Waals surface area contributed by atoms with Crippen LogP contribution in [0, 0.1) is 0 Å². The summed E-state index contributed by atoms with van der Waals surface area (Å²) in [7, 11) is 0. The van der Waals surface area contributed by atoms with Crippen LogP contribution in [0.15, 0.2) is 60.7 Å². The van der Waals surface area contributed by atoms with Gasteiger partial charge in [-0.1, -0.05) is 61.5 Å². The number of hydrogen-bond donors (Lipinski definition) is 1. The molecule has 3 rings (SSSR count). The normalized spacial score (nSPS) is 11.2. The Morgan fingerprint density at radius 2 is 1.88 bits per heavy atom. The van der Waals surface area contributed by atoms with Crippen molar-refractivity contribution < 1.29 is 4.79 Å². The van der Waals surface area contributed by atoms with Crippen molar-refractivity contribution in [3.05, 3.63) is 72.1 Å². The van der Waals surface area contributed by atoms with Gasteiger partial charge in [0.2, 0.25) is 5.91 Å². The summed E-state index contributed by atoms with van der Waals surface area (Å²) in [6.07, 6.45) is 4.70. The quantitative estimate of drug-likeness (QED) is 0.751. The number of nitrogens with zero attached hydrogens (tertiary/aromatic N) is 2. The Balaban J connectivity index is 1.84. The van der Waals surface area contributed by atoms with Gasteiger partial charge in [0.25, 0.3) is 0 Å². The number of carbonyl (C=O) groups is 1. The second-order valence-corrected chi connectivity index (χ2v) is 5.57. The summed E-state index contributed by atoms with van der Waals surface area (Å²) in [5.41, 5.74) is 3.20. The predicted octanol–water partition coefficient (Wildman–Crippen LogP) is 3.78. The van der Waals surface area contributed by atoms with E-state index in [1.807, 2.05) is 43.3 Å². The van der Waals surface area contributed by atoms with Gasteiger partial charge < -0.3 is 9.88 Å². The Morgan fingerprint density at radius 1 is 1.12 bits per heavy atom. The van der Waals surface area contributed by atoms with Gasteiger partial charge in [-0.25, -0.2) is 4.98 Å². The minimum Gasteiger partial charge on any atom is -0.349 e. The molecule has 1 heterocycles. The second-order valence-electron chi connectivity index (χ2n) is 5.57. The summed E-state index contributed by atoms with van der Waals surface area (Å²) in [4.78, 5) is 16.2. The van der Waals surface area contributed by atoms with Crippen LogP contribution < -0.4 is 5.32 Å². The van der Waals surface area contributed by atoms with Crippen LogP contribution in [0.3, 0.4) is 0 Å². The van der Waals surface area contributed by atoms with E-state index in [2.05, 4.69) is 45.2 Å². The molecule has 122 valence electrons. The van der Waals surface area contributed by atoms with Crippen molar-refractivity contribution >= 4 is 23.0 Å². The predicted molar refractivity (Wildman–Crippen MR) is 97.3 cm³/mol. The number of para-hydroxylation sites is 2. The highest BCUT2D eigenvalue weighted by molar-refractivity contribution is 5.77. The zero-order valence-electron chi connectivity index (χ0n) is 13.8. The van der Waals surface area contributed by atoms with Crippen molar-refractivity contribution in [1.29, 1.82) is 0 Å². The molecule has 3 aromatic rings. The number of rotatable bonds is 6. The van der Waals surface area contributed by atoms with Gasteiger partial charge in [0.1, 0.15) is 5.82 Å². The van der Waals surface area contributed by atoms with Crippen molar-refractivity contribution in [1.82, 2.24) is 14.9 Å². The molecule has 4 nitrogen and oxygen atoms in total. The lowest BCUT2D eigenvalue weighted by Gasteiger charge is -2.07. The molecule has 1 N–H and O–H groups in total. The summed E-state index contributed by atoms with van der Waals surface area (Å²) >= 11 is 0. The maximum atomic E-state index is 11.5. The van der Waals surface area contributed by atoms with Gasteiger partial charge in [-0.3, -0.25) is 4.79 Å². The van der Waals surface area contributed by atoms with Gasteiger partial charge in [0, 0.05) is 13.0 Å². The third-order valence-electron chi connectivity index (χ3n) is 3.90. The van der Waals surface area contributed by atoms with Crippen molar-refractivity contribution in [2.24, 2.45) is 0 Å². The lowest BCUT2D eigenvalue weighted by molar-refractivity contribution is -0.120. The molecule has 2 aromatic carbocycles. The van der Waals surface area contributed by atoms with Crippen LogP contribution in [0.4, 0.5) is 0 Å². The fourth-order valence-electron chi connectivity index (χ4n) is 2.63. The minimum atomic E-state index is 0.0356. The third-order valence-corrected chi connectivity index (χ3v) is 3.90. The maximum absolute atomic E-state index is 11.5. The molecule has 0 saturated heterocycles. The van der Waals surface area contributed by atoms with E-state index in [9.17, 15) is 4.79 Å². The van der Waals surface area contributed by atoms with Crippen LogP contribution >= 0.6 is 0 Å². The standard InChI is InChI=1S/C20H21N3O/c1-2-20(24)21-15-19-22-17-12-6-7-13-18(17)23(19)14-8-11-16-9-4-3-5-10-16/h3-13H,2,14-15H2,1H3,(H,21,24)/b11-8+. The number of allylic oxidation sites excluding steroid dienone is 1. The largest absolute Gasteiger partial charge is 0.349 e. The molecule has 4 heteroatoms. The average molecular weight is 319 g/mol. The molecule has 0 atom stereocenters. The van der Waals surface area contributed by atoms with E-state index in [1.54, 1.807) is 0 Å². The molecule has 0 spiro atoms. The van der Waals surface area contributed by atoms with Crippen molar-refractivity contribution in [2.75, 3.05) is 0 Å². The van der Waals surface area contributed by atoms with E-state index >= 15 is 0 Å². The van der Waals surface area contributed by atoms with Crippen LogP contribution in [-0.2, 0) is 17.9 Å². The number of nitrogens with one attached hydrogen (secondary N) is 1. The van der Waals surface area contributed by atoms with Crippen molar-refractivity contribution in [2.45, 2.75) is 26.4 Å². The molecular formula is C20H21N3O. The second kappa shape index (κ2) is 7.59. The minimum absolute atomic E-state index is 0.0356. The number of benzene rings is 2. The molecule has 0 fully saturated rings. The van der Waals surface area contributed by atoms with Gasteiger partial charge in [0.05, 0.1) is 17.6 Å². The molecule has 24 heavy (non-hydrogen) atoms. The number of hydrogen-bond acceptors (Lipinski definition) is 2. The number of carbonyl (C=O) groups excluding carboxylic acids is 1. The van der Waals surface area contributed by atoms with E-state index in [4.69, 9.17) is 0 Å². The van der Waals surface area contributed by atoms with E-state index in [1.165, 1.54) is 5.56 Å². The first-order valence-electron chi connectivity index (χ1n) is 8.20. The van der Waals surface area contributed by atoms with Crippen LogP contribution in [0.2, 0.25) is 0 Å². The molecule has 0 unspecified atom stereocenters. The Morgan fingerprint density at radius 3 is 2.67 bits per heavy atom. The fourth-order valence-corrected chi connectivity index (χ4v) is 2.63.